The van der Waals surface area contributed by atoms with E-state index in [-0.39, 0.29) is 0 Å². The average Bonchev–Trinajstić information content (AvgIpc) is 2.53. The molecule has 0 bridgehead atoms. The van der Waals surface area contributed by atoms with E-state index in [1.54, 1.807) is 0 Å². The third kappa shape index (κ3) is 0.277. The molecule has 1 nitrogen and oxygen atoms in total. The van der Waals surface area contributed by atoms with E-state index >= 15 is 0 Å². The van der Waals surface area contributed by atoms with Crippen LogP contribution in [0.5, 0.6) is 0 Å². The topological polar surface area (TPSA) is 12.5 Å². The van der Waals surface area contributed by atoms with Gasteiger partial charge in [-0.2, -0.15) is 0 Å². The van der Waals surface area contributed by atoms with Crippen LogP contribution in [0.4, 0.5) is 0 Å². The van der Waals surface area contributed by atoms with E-state index in [9.17, 15) is 0 Å². The summed E-state index contributed by atoms with van der Waals surface area (Å²) in [7, 11) is 0. The van der Waals surface area contributed by atoms with Crippen molar-refractivity contribution < 1.29 is 4.74 Å². The summed E-state index contributed by atoms with van der Waals surface area (Å²) in [5.41, 5.74) is 1.05. The largest absolute Gasteiger partial charge is 0.365 e. The van der Waals surface area contributed by atoms with Gasteiger partial charge in [0.1, 0.15) is 5.60 Å². The van der Waals surface area contributed by atoms with E-state index in [0.29, 0.717) is 17.1 Å². The Bertz CT molecular complexity index is 189. The monoisotopic (exact) mass is 124 g/mol. The van der Waals surface area contributed by atoms with Gasteiger partial charge in [0.25, 0.3) is 0 Å². The summed E-state index contributed by atoms with van der Waals surface area (Å²) < 4.78 is 5.59. The minimum atomic E-state index is 0.437. The van der Waals surface area contributed by atoms with Gasteiger partial charge < -0.3 is 4.74 Å². The Morgan fingerprint density at radius 1 is 1.56 bits per heavy atom. The maximum atomic E-state index is 5.59. The molecule has 0 N–H and O–H groups in total. The summed E-state index contributed by atoms with van der Waals surface area (Å²) in [6.45, 7) is 4.74. The summed E-state index contributed by atoms with van der Waals surface area (Å²) in [5, 5.41) is 0. The van der Waals surface area contributed by atoms with Crippen LogP contribution in [0.1, 0.15) is 26.7 Å². The van der Waals surface area contributed by atoms with Gasteiger partial charge in [-0.05, 0) is 18.8 Å². The van der Waals surface area contributed by atoms with Crippen molar-refractivity contribution in [3.05, 3.63) is 0 Å². The van der Waals surface area contributed by atoms with Crippen LogP contribution in [0, 0.1) is 11.3 Å². The Kier molecular flexibility index (Phi) is 0.461. The fourth-order valence-electron chi connectivity index (χ4n) is 2.79. The second-order valence-corrected chi connectivity index (χ2v) is 4.23. The first-order valence-corrected chi connectivity index (χ1v) is 3.87. The third-order valence-corrected chi connectivity index (χ3v) is 3.94. The standard InChI is InChI=1S/C8H12O/c1-5-3-6-8(9-6)4-7(5,8)2/h5-6H,3-4H2,1-2H3. The maximum Gasteiger partial charge on any atom is 0.101 e. The number of hydrogen-bond donors (Lipinski definition) is 0. The van der Waals surface area contributed by atoms with E-state index in [1.807, 2.05) is 0 Å². The molecule has 3 fully saturated rings. The van der Waals surface area contributed by atoms with Crippen LogP contribution < -0.4 is 0 Å². The van der Waals surface area contributed by atoms with Gasteiger partial charge in [-0.3, -0.25) is 0 Å². The van der Waals surface area contributed by atoms with Crippen molar-refractivity contribution in [2.75, 3.05) is 0 Å². The molecule has 1 aliphatic heterocycles. The Balaban J connectivity index is 2.07. The Hall–Kier alpha value is -0.0400. The van der Waals surface area contributed by atoms with Crippen LogP contribution in [-0.2, 0) is 4.74 Å². The number of rotatable bonds is 0. The lowest BCUT2D eigenvalue weighted by Crippen LogP contribution is -2.08. The van der Waals surface area contributed by atoms with Gasteiger partial charge in [-0.15, -0.1) is 0 Å². The van der Waals surface area contributed by atoms with Crippen LogP contribution in [0.25, 0.3) is 0 Å². The van der Waals surface area contributed by atoms with Gasteiger partial charge in [0.05, 0.1) is 6.10 Å². The molecule has 2 aliphatic carbocycles. The number of epoxide rings is 1. The molecule has 0 aromatic heterocycles. The predicted octanol–water partition coefficient (Wildman–Crippen LogP) is 1.57. The third-order valence-electron chi connectivity index (χ3n) is 3.94. The molecule has 1 spiro atoms. The molecule has 4 atom stereocenters. The molecule has 0 radical (unpaired) electrons. The zero-order chi connectivity index (χ0) is 6.28. The van der Waals surface area contributed by atoms with Gasteiger partial charge in [0, 0.05) is 5.41 Å². The average molecular weight is 124 g/mol. The minimum Gasteiger partial charge on any atom is -0.365 e. The van der Waals surface area contributed by atoms with E-state index < -0.39 is 0 Å². The van der Waals surface area contributed by atoms with E-state index in [1.165, 1.54) is 12.8 Å². The number of ether oxygens (including phenoxy) is 1. The van der Waals surface area contributed by atoms with Crippen molar-refractivity contribution in [2.24, 2.45) is 11.3 Å². The van der Waals surface area contributed by atoms with Gasteiger partial charge in [-0.1, -0.05) is 13.8 Å². The Morgan fingerprint density at radius 2 is 2.33 bits per heavy atom. The minimum absolute atomic E-state index is 0.437. The lowest BCUT2D eigenvalue weighted by atomic mass is 9.94. The first kappa shape index (κ1) is 4.73. The summed E-state index contributed by atoms with van der Waals surface area (Å²) in [6, 6.07) is 0. The highest BCUT2D eigenvalue weighted by Gasteiger charge is 2.85. The fraction of sp³-hybridized carbons (Fsp3) is 1.00. The van der Waals surface area contributed by atoms with Crippen molar-refractivity contribution >= 4 is 0 Å². The number of hydrogen-bond acceptors (Lipinski definition) is 1. The van der Waals surface area contributed by atoms with Crippen LogP contribution in [0.15, 0.2) is 0 Å². The van der Waals surface area contributed by atoms with Crippen LogP contribution >= 0.6 is 0 Å². The van der Waals surface area contributed by atoms with Crippen LogP contribution in [-0.4, -0.2) is 11.7 Å². The van der Waals surface area contributed by atoms with Crippen molar-refractivity contribution in [3.8, 4) is 0 Å². The zero-order valence-corrected chi connectivity index (χ0v) is 5.98. The van der Waals surface area contributed by atoms with Crippen LogP contribution in [0.3, 0.4) is 0 Å². The second-order valence-electron chi connectivity index (χ2n) is 4.23. The van der Waals surface area contributed by atoms with Gasteiger partial charge >= 0.3 is 0 Å². The molecule has 2 saturated carbocycles. The molecule has 1 saturated heterocycles. The van der Waals surface area contributed by atoms with Gasteiger partial charge in [-0.25, -0.2) is 0 Å². The molecule has 3 aliphatic rings. The predicted molar refractivity (Wildman–Crippen MR) is 34.1 cm³/mol. The normalized spacial score (nSPS) is 75.3. The summed E-state index contributed by atoms with van der Waals surface area (Å²) >= 11 is 0. The van der Waals surface area contributed by atoms with E-state index in [2.05, 4.69) is 13.8 Å². The molecule has 0 amide bonds. The first-order valence-electron chi connectivity index (χ1n) is 3.87. The summed E-state index contributed by atoms with van der Waals surface area (Å²) in [6.07, 6.45) is 3.36. The highest BCUT2D eigenvalue weighted by Crippen LogP contribution is 2.80. The van der Waals surface area contributed by atoms with Crippen LogP contribution in [0.2, 0.25) is 0 Å². The van der Waals surface area contributed by atoms with Crippen molar-refractivity contribution in [1.29, 1.82) is 0 Å². The molecule has 0 aromatic carbocycles. The van der Waals surface area contributed by atoms with Crippen molar-refractivity contribution in [1.82, 2.24) is 0 Å². The highest BCUT2D eigenvalue weighted by atomic mass is 16.6. The Labute approximate surface area is 55.4 Å². The lowest BCUT2D eigenvalue weighted by Gasteiger charge is -2.13. The Morgan fingerprint density at radius 3 is 2.56 bits per heavy atom. The molecular weight excluding hydrogens is 112 g/mol. The SMILES string of the molecule is CC1CC2OC23CC13C. The summed E-state index contributed by atoms with van der Waals surface area (Å²) in [4.78, 5) is 0. The van der Waals surface area contributed by atoms with Crippen molar-refractivity contribution in [3.63, 3.8) is 0 Å². The van der Waals surface area contributed by atoms with Gasteiger partial charge in [0.2, 0.25) is 0 Å². The van der Waals surface area contributed by atoms with Crippen molar-refractivity contribution in [2.45, 2.75) is 38.4 Å². The molecule has 50 valence electrons. The molecule has 1 heterocycles. The fourth-order valence-corrected chi connectivity index (χ4v) is 2.79. The summed E-state index contributed by atoms with van der Waals surface area (Å²) in [5.74, 6) is 0.927. The quantitative estimate of drug-likeness (QED) is 0.446. The molecule has 0 aromatic rings. The van der Waals surface area contributed by atoms with Gasteiger partial charge in [0.15, 0.2) is 0 Å². The maximum absolute atomic E-state index is 5.59. The lowest BCUT2D eigenvalue weighted by molar-refractivity contribution is 0.222. The molecule has 9 heavy (non-hydrogen) atoms. The molecular formula is C8H12O. The molecule has 1 heteroatoms. The molecule has 4 unspecified atom stereocenters. The highest BCUT2D eigenvalue weighted by molar-refractivity contribution is 5.34. The first-order chi connectivity index (χ1) is 4.19. The van der Waals surface area contributed by atoms with E-state index in [4.69, 9.17) is 4.74 Å². The second kappa shape index (κ2) is 0.878. The van der Waals surface area contributed by atoms with E-state index in [0.717, 1.165) is 5.92 Å². The smallest absolute Gasteiger partial charge is 0.101 e. The zero-order valence-electron chi connectivity index (χ0n) is 5.98. The molecule has 3 rings (SSSR count).